The summed E-state index contributed by atoms with van der Waals surface area (Å²) in [6.07, 6.45) is 1.07. The first-order valence-corrected chi connectivity index (χ1v) is 9.87. The maximum absolute atomic E-state index is 12.8. The molecule has 1 rings (SSSR count). The van der Waals surface area contributed by atoms with Crippen molar-refractivity contribution in [3.63, 3.8) is 0 Å². The van der Waals surface area contributed by atoms with Gasteiger partial charge in [-0.2, -0.15) is 0 Å². The number of carbonyl (C=O) groups is 4. The fourth-order valence-electron chi connectivity index (χ4n) is 3.17. The molecule has 29 heavy (non-hydrogen) atoms. The number of carbonyl (C=O) groups excluding carboxylic acids is 3. The predicted octanol–water partition coefficient (Wildman–Crippen LogP) is -2.11. The molecule has 0 aromatic carbocycles. The van der Waals surface area contributed by atoms with Crippen molar-refractivity contribution in [3.05, 3.63) is 0 Å². The van der Waals surface area contributed by atoms with E-state index in [2.05, 4.69) is 10.6 Å². The average molecular weight is 415 g/mol. The SMILES string of the molecule is CC(N)C(=O)NC(CCCCN)C(=O)NC(C(=O)N1CCCC1C(=O)O)C(C)O. The first-order valence-electron chi connectivity index (χ1n) is 9.87. The van der Waals surface area contributed by atoms with Crippen LogP contribution in [0.25, 0.3) is 0 Å². The Bertz CT molecular complexity index is 597. The summed E-state index contributed by atoms with van der Waals surface area (Å²) in [5, 5.41) is 24.3. The van der Waals surface area contributed by atoms with E-state index in [1.54, 1.807) is 0 Å². The molecule has 0 spiro atoms. The fraction of sp³-hybridized carbons (Fsp3) is 0.778. The van der Waals surface area contributed by atoms with Gasteiger partial charge in [-0.3, -0.25) is 14.4 Å². The van der Waals surface area contributed by atoms with Gasteiger partial charge in [-0.1, -0.05) is 0 Å². The summed E-state index contributed by atoms with van der Waals surface area (Å²) in [5.41, 5.74) is 11.0. The van der Waals surface area contributed by atoms with Gasteiger partial charge in [-0.05, 0) is 52.5 Å². The average Bonchev–Trinajstić information content (AvgIpc) is 3.14. The van der Waals surface area contributed by atoms with Crippen LogP contribution >= 0.6 is 0 Å². The first kappa shape index (κ1) is 24.8. The molecule has 1 aliphatic rings. The minimum absolute atomic E-state index is 0.232. The van der Waals surface area contributed by atoms with Crippen LogP contribution in [0.5, 0.6) is 0 Å². The number of carboxylic acids is 1. The van der Waals surface area contributed by atoms with Gasteiger partial charge in [-0.15, -0.1) is 0 Å². The van der Waals surface area contributed by atoms with Gasteiger partial charge in [-0.25, -0.2) is 4.79 Å². The summed E-state index contributed by atoms with van der Waals surface area (Å²) >= 11 is 0. The van der Waals surface area contributed by atoms with E-state index in [1.165, 1.54) is 13.8 Å². The molecule has 1 saturated heterocycles. The van der Waals surface area contributed by atoms with Crippen LogP contribution in [0.3, 0.4) is 0 Å². The van der Waals surface area contributed by atoms with Crippen LogP contribution in [0, 0.1) is 0 Å². The van der Waals surface area contributed by atoms with Crippen molar-refractivity contribution < 1.29 is 29.4 Å². The molecule has 166 valence electrons. The Morgan fingerprint density at radius 2 is 1.79 bits per heavy atom. The molecule has 11 nitrogen and oxygen atoms in total. The van der Waals surface area contributed by atoms with E-state index < -0.39 is 54.0 Å². The molecule has 0 aromatic heterocycles. The summed E-state index contributed by atoms with van der Waals surface area (Å²) in [4.78, 5) is 50.0. The van der Waals surface area contributed by atoms with Crippen molar-refractivity contribution in [3.8, 4) is 0 Å². The number of likely N-dealkylation sites (tertiary alicyclic amines) is 1. The summed E-state index contributed by atoms with van der Waals surface area (Å²) in [5.74, 6) is -2.97. The van der Waals surface area contributed by atoms with Gasteiger partial charge in [0.05, 0.1) is 12.1 Å². The monoisotopic (exact) mass is 415 g/mol. The van der Waals surface area contributed by atoms with Crippen LogP contribution in [-0.4, -0.2) is 82.2 Å². The highest BCUT2D eigenvalue weighted by Crippen LogP contribution is 2.19. The van der Waals surface area contributed by atoms with Crippen molar-refractivity contribution in [1.29, 1.82) is 0 Å². The topological polar surface area (TPSA) is 188 Å². The molecule has 0 saturated carbocycles. The van der Waals surface area contributed by atoms with Crippen LogP contribution in [0.15, 0.2) is 0 Å². The van der Waals surface area contributed by atoms with E-state index in [0.717, 1.165) is 4.90 Å². The van der Waals surface area contributed by atoms with E-state index in [1.807, 2.05) is 0 Å². The third-order valence-electron chi connectivity index (χ3n) is 4.86. The Hall–Kier alpha value is -2.24. The van der Waals surface area contributed by atoms with E-state index >= 15 is 0 Å². The lowest BCUT2D eigenvalue weighted by Crippen LogP contribution is -2.59. The molecule has 0 bridgehead atoms. The van der Waals surface area contributed by atoms with Crippen molar-refractivity contribution >= 4 is 23.7 Å². The van der Waals surface area contributed by atoms with E-state index in [0.29, 0.717) is 32.2 Å². The van der Waals surface area contributed by atoms with Crippen molar-refractivity contribution in [2.24, 2.45) is 11.5 Å². The normalized spacial score (nSPS) is 20.4. The van der Waals surface area contributed by atoms with Gasteiger partial charge in [0.25, 0.3) is 0 Å². The summed E-state index contributed by atoms with van der Waals surface area (Å²) in [7, 11) is 0. The van der Waals surface area contributed by atoms with Crippen molar-refractivity contribution in [2.45, 2.75) is 76.2 Å². The quantitative estimate of drug-likeness (QED) is 0.207. The molecule has 11 heteroatoms. The lowest BCUT2D eigenvalue weighted by Gasteiger charge is -2.30. The number of rotatable bonds is 11. The summed E-state index contributed by atoms with van der Waals surface area (Å²) in [6, 6.07) is -4.09. The largest absolute Gasteiger partial charge is 0.480 e. The number of aliphatic carboxylic acids is 1. The Balaban J connectivity index is 2.91. The van der Waals surface area contributed by atoms with Crippen LogP contribution < -0.4 is 22.1 Å². The molecule has 5 atom stereocenters. The lowest BCUT2D eigenvalue weighted by atomic mass is 10.1. The number of amides is 3. The van der Waals surface area contributed by atoms with Crippen LogP contribution in [0.4, 0.5) is 0 Å². The zero-order valence-electron chi connectivity index (χ0n) is 17.0. The molecule has 0 aliphatic carbocycles. The van der Waals surface area contributed by atoms with Crippen molar-refractivity contribution in [2.75, 3.05) is 13.1 Å². The highest BCUT2D eigenvalue weighted by atomic mass is 16.4. The van der Waals surface area contributed by atoms with E-state index in [9.17, 15) is 29.4 Å². The first-order chi connectivity index (χ1) is 13.6. The Labute approximate surface area is 170 Å². The molecule has 5 unspecified atom stereocenters. The second kappa shape index (κ2) is 11.7. The van der Waals surface area contributed by atoms with Gasteiger partial charge in [0.2, 0.25) is 17.7 Å². The molecule has 8 N–H and O–H groups in total. The maximum Gasteiger partial charge on any atom is 0.326 e. The van der Waals surface area contributed by atoms with Gasteiger partial charge in [0, 0.05) is 6.54 Å². The second-order valence-corrected chi connectivity index (χ2v) is 7.39. The lowest BCUT2D eigenvalue weighted by molar-refractivity contribution is -0.150. The highest BCUT2D eigenvalue weighted by molar-refractivity contribution is 5.94. The van der Waals surface area contributed by atoms with Gasteiger partial charge < -0.3 is 37.2 Å². The molecule has 1 fully saturated rings. The molecule has 3 amide bonds. The maximum atomic E-state index is 12.8. The minimum atomic E-state index is -1.33. The number of carboxylic acid groups (broad SMARTS) is 1. The zero-order chi connectivity index (χ0) is 22.1. The molecule has 1 heterocycles. The summed E-state index contributed by atoms with van der Waals surface area (Å²) in [6.45, 7) is 3.47. The number of unbranched alkanes of at least 4 members (excludes halogenated alkanes) is 1. The smallest absolute Gasteiger partial charge is 0.326 e. The number of aliphatic hydroxyl groups is 1. The van der Waals surface area contributed by atoms with Crippen LogP contribution in [-0.2, 0) is 19.2 Å². The minimum Gasteiger partial charge on any atom is -0.480 e. The summed E-state index contributed by atoms with van der Waals surface area (Å²) < 4.78 is 0. The molecule has 0 radical (unpaired) electrons. The Kier molecular flexibility index (Phi) is 9.99. The standard InChI is InChI=1S/C18H33N5O6/c1-10(20)15(25)21-12(6-3-4-8-19)16(26)22-14(11(2)24)17(27)23-9-5-7-13(23)18(28)29/h10-14,24H,3-9,19-20H2,1-2H3,(H,21,25)(H,22,26)(H,28,29). The van der Waals surface area contributed by atoms with Crippen LogP contribution in [0.2, 0.25) is 0 Å². The number of hydrogen-bond donors (Lipinski definition) is 6. The zero-order valence-corrected chi connectivity index (χ0v) is 17.0. The molecule has 0 aromatic rings. The number of nitrogens with two attached hydrogens (primary N) is 2. The molecule has 1 aliphatic heterocycles. The van der Waals surface area contributed by atoms with Gasteiger partial charge in [0.1, 0.15) is 18.1 Å². The number of aliphatic hydroxyl groups excluding tert-OH is 1. The fourth-order valence-corrected chi connectivity index (χ4v) is 3.17. The Morgan fingerprint density at radius 3 is 2.31 bits per heavy atom. The van der Waals surface area contributed by atoms with E-state index in [-0.39, 0.29) is 13.0 Å². The second-order valence-electron chi connectivity index (χ2n) is 7.39. The molecular formula is C18H33N5O6. The number of nitrogens with one attached hydrogen (secondary N) is 2. The van der Waals surface area contributed by atoms with Gasteiger partial charge >= 0.3 is 5.97 Å². The molecular weight excluding hydrogens is 382 g/mol. The Morgan fingerprint density at radius 1 is 1.14 bits per heavy atom. The highest BCUT2D eigenvalue weighted by Gasteiger charge is 2.39. The third-order valence-corrected chi connectivity index (χ3v) is 4.86. The predicted molar refractivity (Wildman–Crippen MR) is 104 cm³/mol. The van der Waals surface area contributed by atoms with Crippen molar-refractivity contribution in [1.82, 2.24) is 15.5 Å². The third kappa shape index (κ3) is 7.26. The van der Waals surface area contributed by atoms with Crippen LogP contribution in [0.1, 0.15) is 46.0 Å². The van der Waals surface area contributed by atoms with E-state index in [4.69, 9.17) is 11.5 Å². The van der Waals surface area contributed by atoms with Gasteiger partial charge in [0.15, 0.2) is 0 Å². The number of hydrogen-bond acceptors (Lipinski definition) is 7. The number of nitrogens with zero attached hydrogens (tertiary/aromatic N) is 1.